The van der Waals surface area contributed by atoms with Gasteiger partial charge in [0.2, 0.25) is 11.8 Å². The fourth-order valence-corrected chi connectivity index (χ4v) is 3.43. The number of nitrogens with zero attached hydrogens (tertiary/aromatic N) is 3. The van der Waals surface area contributed by atoms with Crippen LogP contribution >= 0.6 is 11.8 Å². The lowest BCUT2D eigenvalue weighted by molar-refractivity contribution is -0.121. The maximum absolute atomic E-state index is 12.6. The number of ether oxygens (including phenoxy) is 1. The number of hydrogen-bond acceptors (Lipinski definition) is 7. The van der Waals surface area contributed by atoms with Gasteiger partial charge in [0.15, 0.2) is 5.17 Å². The number of phenols is 1. The number of amides is 2. The molecule has 2 aromatic carbocycles. The number of imide groups is 1. The molecule has 1 fully saturated rings. The number of carbonyl (C=O) groups excluding carboxylic acids is 2. The fraction of sp³-hybridized carbons (Fsp3) is 0.158. The molecule has 1 aliphatic heterocycles. The van der Waals surface area contributed by atoms with Crippen LogP contribution in [0, 0.1) is 0 Å². The SMILES string of the molecule is COc1ccc(N2C(=O)C[C@H](S/C(N)=N\N=C/c3ccccc3O)C2=O)cc1. The zero-order valence-electron chi connectivity index (χ0n) is 15.0. The van der Waals surface area contributed by atoms with Crippen molar-refractivity contribution in [2.45, 2.75) is 11.7 Å². The highest BCUT2D eigenvalue weighted by Crippen LogP contribution is 2.30. The number of amidine groups is 1. The molecular weight excluding hydrogens is 380 g/mol. The van der Waals surface area contributed by atoms with Gasteiger partial charge in [-0.25, -0.2) is 4.90 Å². The van der Waals surface area contributed by atoms with E-state index in [0.29, 0.717) is 17.0 Å². The highest BCUT2D eigenvalue weighted by molar-refractivity contribution is 8.14. The molecule has 1 atom stereocenters. The van der Waals surface area contributed by atoms with E-state index in [9.17, 15) is 14.7 Å². The number of anilines is 1. The Kier molecular flexibility index (Phi) is 5.95. The smallest absolute Gasteiger partial charge is 0.247 e. The van der Waals surface area contributed by atoms with E-state index in [1.165, 1.54) is 19.4 Å². The van der Waals surface area contributed by atoms with E-state index in [2.05, 4.69) is 10.2 Å². The van der Waals surface area contributed by atoms with Crippen LogP contribution in [0.1, 0.15) is 12.0 Å². The summed E-state index contributed by atoms with van der Waals surface area (Å²) in [6, 6.07) is 13.3. The van der Waals surface area contributed by atoms with Gasteiger partial charge in [-0.2, -0.15) is 5.10 Å². The summed E-state index contributed by atoms with van der Waals surface area (Å²) in [6.07, 6.45) is 1.38. The first kappa shape index (κ1) is 19.4. The molecule has 0 bridgehead atoms. The van der Waals surface area contributed by atoms with Crippen molar-refractivity contribution in [1.29, 1.82) is 0 Å². The Morgan fingerprint density at radius 2 is 1.96 bits per heavy atom. The molecule has 1 aliphatic rings. The largest absolute Gasteiger partial charge is 0.507 e. The Balaban J connectivity index is 1.66. The molecule has 3 N–H and O–H groups in total. The third kappa shape index (κ3) is 4.32. The monoisotopic (exact) mass is 398 g/mol. The highest BCUT2D eigenvalue weighted by Gasteiger charge is 2.40. The molecule has 0 aromatic heterocycles. The Labute approximate surface area is 165 Å². The lowest BCUT2D eigenvalue weighted by atomic mass is 10.2. The molecule has 1 saturated heterocycles. The first-order valence-electron chi connectivity index (χ1n) is 8.31. The van der Waals surface area contributed by atoms with E-state index in [-0.39, 0.29) is 29.2 Å². The predicted octanol–water partition coefficient (Wildman–Crippen LogP) is 2.11. The standard InChI is InChI=1S/C19H18N4O4S/c1-27-14-8-6-13(7-9-14)23-17(25)10-16(18(23)26)28-19(20)22-21-11-12-4-2-3-5-15(12)24/h2-9,11,16,24H,10H2,1H3,(H2,20,22)/b21-11-/t16-/m0/s1. The number of rotatable bonds is 5. The van der Waals surface area contributed by atoms with Crippen LogP contribution in [0.2, 0.25) is 0 Å². The maximum Gasteiger partial charge on any atom is 0.247 e. The van der Waals surface area contributed by atoms with Crippen LogP contribution in [0.5, 0.6) is 11.5 Å². The van der Waals surface area contributed by atoms with E-state index in [1.807, 2.05) is 0 Å². The van der Waals surface area contributed by atoms with Crippen molar-refractivity contribution >= 4 is 40.6 Å². The van der Waals surface area contributed by atoms with Crippen molar-refractivity contribution in [3.63, 3.8) is 0 Å². The van der Waals surface area contributed by atoms with Gasteiger partial charge in [0.25, 0.3) is 0 Å². The number of phenolic OH excluding ortho intramolecular Hbond substituents is 1. The van der Waals surface area contributed by atoms with Gasteiger partial charge in [-0.15, -0.1) is 5.10 Å². The molecule has 9 heteroatoms. The van der Waals surface area contributed by atoms with Gasteiger partial charge in [-0.1, -0.05) is 23.9 Å². The van der Waals surface area contributed by atoms with Crippen LogP contribution < -0.4 is 15.4 Å². The third-order valence-corrected chi connectivity index (χ3v) is 4.96. The van der Waals surface area contributed by atoms with E-state index < -0.39 is 5.25 Å². The summed E-state index contributed by atoms with van der Waals surface area (Å²) in [4.78, 5) is 26.0. The van der Waals surface area contributed by atoms with Gasteiger partial charge in [0, 0.05) is 12.0 Å². The number of thioether (sulfide) groups is 1. The minimum Gasteiger partial charge on any atom is -0.507 e. The average Bonchev–Trinajstić information content (AvgIpc) is 2.96. The summed E-state index contributed by atoms with van der Waals surface area (Å²) in [5.41, 5.74) is 6.79. The molecule has 28 heavy (non-hydrogen) atoms. The Morgan fingerprint density at radius 3 is 2.64 bits per heavy atom. The predicted molar refractivity (Wildman–Crippen MR) is 109 cm³/mol. The maximum atomic E-state index is 12.6. The summed E-state index contributed by atoms with van der Waals surface area (Å²) in [7, 11) is 1.54. The van der Waals surface area contributed by atoms with E-state index in [1.54, 1.807) is 42.5 Å². The second kappa shape index (κ2) is 8.57. The number of para-hydroxylation sites is 1. The first-order chi connectivity index (χ1) is 13.5. The van der Waals surface area contributed by atoms with Gasteiger partial charge in [-0.05, 0) is 36.4 Å². The Bertz CT molecular complexity index is 943. The second-order valence-corrected chi connectivity index (χ2v) is 7.04. The number of aromatic hydroxyl groups is 1. The minimum absolute atomic E-state index is 0.0228. The van der Waals surface area contributed by atoms with Gasteiger partial charge in [-0.3, -0.25) is 9.59 Å². The lowest BCUT2D eigenvalue weighted by Gasteiger charge is -2.15. The molecule has 0 saturated carbocycles. The molecule has 2 amide bonds. The highest BCUT2D eigenvalue weighted by atomic mass is 32.2. The number of nitrogens with two attached hydrogens (primary N) is 1. The summed E-state index contributed by atoms with van der Waals surface area (Å²) in [6.45, 7) is 0. The molecule has 8 nitrogen and oxygen atoms in total. The molecule has 3 rings (SSSR count). The van der Waals surface area contributed by atoms with Crippen LogP contribution in [0.3, 0.4) is 0 Å². The van der Waals surface area contributed by atoms with Crippen molar-refractivity contribution in [1.82, 2.24) is 0 Å². The van der Waals surface area contributed by atoms with Crippen molar-refractivity contribution in [2.75, 3.05) is 12.0 Å². The summed E-state index contributed by atoms with van der Waals surface area (Å²) < 4.78 is 5.08. The zero-order valence-corrected chi connectivity index (χ0v) is 15.8. The lowest BCUT2D eigenvalue weighted by Crippen LogP contribution is -2.31. The fourth-order valence-electron chi connectivity index (χ4n) is 2.61. The van der Waals surface area contributed by atoms with E-state index in [0.717, 1.165) is 16.7 Å². The second-order valence-electron chi connectivity index (χ2n) is 5.82. The molecule has 1 heterocycles. The molecule has 0 unspecified atom stereocenters. The van der Waals surface area contributed by atoms with Crippen molar-refractivity contribution in [3.8, 4) is 11.5 Å². The quantitative estimate of drug-likeness (QED) is 0.345. The molecule has 0 radical (unpaired) electrons. The normalized spacial score (nSPS) is 17.5. The molecule has 0 spiro atoms. The molecule has 0 aliphatic carbocycles. The molecule has 2 aromatic rings. The average molecular weight is 398 g/mol. The van der Waals surface area contributed by atoms with Crippen LogP contribution in [0.15, 0.2) is 58.7 Å². The van der Waals surface area contributed by atoms with Crippen LogP contribution in [0.25, 0.3) is 0 Å². The topological polar surface area (TPSA) is 118 Å². The molecule has 144 valence electrons. The zero-order chi connectivity index (χ0) is 20.1. The number of carbonyl (C=O) groups is 2. The molecular formula is C19H18N4O4S. The van der Waals surface area contributed by atoms with Crippen LogP contribution in [-0.2, 0) is 9.59 Å². The van der Waals surface area contributed by atoms with E-state index in [4.69, 9.17) is 10.5 Å². The first-order valence-corrected chi connectivity index (χ1v) is 9.19. The summed E-state index contributed by atoms with van der Waals surface area (Å²) >= 11 is 0.979. The van der Waals surface area contributed by atoms with Gasteiger partial charge >= 0.3 is 0 Å². The van der Waals surface area contributed by atoms with E-state index >= 15 is 0 Å². The van der Waals surface area contributed by atoms with Crippen LogP contribution in [-0.4, -0.2) is 40.7 Å². The Morgan fingerprint density at radius 1 is 1.25 bits per heavy atom. The summed E-state index contributed by atoms with van der Waals surface area (Å²) in [5, 5.41) is 16.7. The third-order valence-electron chi connectivity index (χ3n) is 3.99. The van der Waals surface area contributed by atoms with Crippen LogP contribution in [0.4, 0.5) is 5.69 Å². The van der Waals surface area contributed by atoms with Crippen molar-refractivity contribution in [2.24, 2.45) is 15.9 Å². The van der Waals surface area contributed by atoms with Crippen molar-refractivity contribution in [3.05, 3.63) is 54.1 Å². The van der Waals surface area contributed by atoms with Crippen molar-refractivity contribution < 1.29 is 19.4 Å². The van der Waals surface area contributed by atoms with Gasteiger partial charge < -0.3 is 15.6 Å². The number of benzene rings is 2. The summed E-state index contributed by atoms with van der Waals surface area (Å²) in [5.74, 6) is 0.0352. The van der Waals surface area contributed by atoms with Gasteiger partial charge in [0.05, 0.1) is 19.0 Å². The minimum atomic E-state index is -0.668. The Hall–Kier alpha value is -3.33. The number of methoxy groups -OCH3 is 1. The van der Waals surface area contributed by atoms with Gasteiger partial charge in [0.1, 0.15) is 16.7 Å². The number of hydrogen-bond donors (Lipinski definition) is 2.